The first-order valence-electron chi connectivity index (χ1n) is 23.7. The van der Waals surface area contributed by atoms with E-state index in [1.165, 1.54) is 127 Å². The largest absolute Gasteiger partial charge is 0.311 e. The van der Waals surface area contributed by atoms with Crippen LogP contribution in [0, 0.1) is 6.92 Å². The average Bonchev–Trinajstić information content (AvgIpc) is 4.23. The van der Waals surface area contributed by atoms with Crippen LogP contribution in [0.1, 0.15) is 5.56 Å². The lowest BCUT2D eigenvalue weighted by Gasteiger charge is -2.44. The van der Waals surface area contributed by atoms with Crippen molar-refractivity contribution in [3.63, 3.8) is 0 Å². The summed E-state index contributed by atoms with van der Waals surface area (Å²) in [5.41, 5.74) is 17.3. The van der Waals surface area contributed by atoms with Crippen molar-refractivity contribution >= 4 is 143 Å². The first-order valence-corrected chi connectivity index (χ1v) is 27.0. The Morgan fingerprint density at radius 3 is 1.04 bits per heavy atom. The summed E-state index contributed by atoms with van der Waals surface area (Å²) < 4.78 is 5.22. The first-order chi connectivity index (χ1) is 34.5. The predicted octanol–water partition coefficient (Wildman–Crippen LogP) is 17.6. The summed E-state index contributed by atoms with van der Waals surface area (Å²) in [6, 6.07) is 82.4. The van der Waals surface area contributed by atoms with Gasteiger partial charge in [-0.05, 0) is 170 Å². The van der Waals surface area contributed by atoms with E-state index in [0.29, 0.717) is 0 Å². The number of nitrogens with zero attached hydrogens (tertiary/aromatic N) is 2. The van der Waals surface area contributed by atoms with E-state index in [1.54, 1.807) is 0 Å². The minimum absolute atomic E-state index is 0.00688. The highest BCUT2D eigenvalue weighted by molar-refractivity contribution is 7.23. The molecule has 15 rings (SSSR count). The van der Waals surface area contributed by atoms with Crippen LogP contribution in [-0.4, -0.2) is 6.71 Å². The molecule has 0 N–H and O–H groups in total. The molecule has 2 aliphatic heterocycles. The van der Waals surface area contributed by atoms with Gasteiger partial charge in [-0.25, -0.2) is 0 Å². The van der Waals surface area contributed by atoms with Gasteiger partial charge < -0.3 is 9.80 Å². The Balaban J connectivity index is 0.979. The van der Waals surface area contributed by atoms with Crippen LogP contribution in [0.15, 0.2) is 218 Å². The molecule has 0 unspecified atom stereocenters. The minimum atomic E-state index is -0.00688. The van der Waals surface area contributed by atoms with Crippen LogP contribution in [-0.2, 0) is 0 Å². The third-order valence-electron chi connectivity index (χ3n) is 14.3. The van der Waals surface area contributed by atoms with Gasteiger partial charge in [0.1, 0.15) is 0 Å². The molecule has 2 nitrogen and oxygen atoms in total. The zero-order valence-corrected chi connectivity index (χ0v) is 41.2. The van der Waals surface area contributed by atoms with Crippen molar-refractivity contribution in [3.8, 4) is 41.8 Å². The number of fused-ring (bicyclic) bond motifs is 8. The number of benzene rings is 9. The fraction of sp³-hybridized carbons (Fsp3) is 0.0159. The van der Waals surface area contributed by atoms with Crippen molar-refractivity contribution in [2.75, 3.05) is 9.80 Å². The zero-order chi connectivity index (χ0) is 46.0. The summed E-state index contributed by atoms with van der Waals surface area (Å²) in [5, 5.41) is 5.13. The molecule has 2 aliphatic rings. The SMILES string of the molecule is Cc1cc2c3c(c1)N(c1cccc(-c4cc5ccccc5s4)c1)c1cc(-c4cc5ccccc5s4)ccc1B3c1ccc(-c3cc4ccccc4s3)cc1N2c1cccc(-c2cc3ccccc3s2)c1. The topological polar surface area (TPSA) is 6.48 Å². The van der Waals surface area contributed by atoms with Gasteiger partial charge in [0.2, 0.25) is 0 Å². The Morgan fingerprint density at radius 1 is 0.314 bits per heavy atom. The molecule has 328 valence electrons. The van der Waals surface area contributed by atoms with Crippen LogP contribution in [0.2, 0.25) is 0 Å². The number of thiophene rings is 4. The Morgan fingerprint density at radius 2 is 0.671 bits per heavy atom. The highest BCUT2D eigenvalue weighted by atomic mass is 32.1. The molecule has 6 heterocycles. The summed E-state index contributed by atoms with van der Waals surface area (Å²) in [5.74, 6) is 0. The molecule has 0 atom stereocenters. The highest BCUT2D eigenvalue weighted by Gasteiger charge is 2.44. The Labute approximate surface area is 422 Å². The monoisotopic (exact) mass is 962 g/mol. The van der Waals surface area contributed by atoms with Crippen molar-refractivity contribution in [3.05, 3.63) is 224 Å². The van der Waals surface area contributed by atoms with Crippen LogP contribution in [0.3, 0.4) is 0 Å². The second-order valence-electron chi connectivity index (χ2n) is 18.6. The minimum Gasteiger partial charge on any atom is -0.311 e. The van der Waals surface area contributed by atoms with E-state index < -0.39 is 0 Å². The van der Waals surface area contributed by atoms with E-state index in [9.17, 15) is 0 Å². The van der Waals surface area contributed by atoms with E-state index in [4.69, 9.17) is 0 Å². The van der Waals surface area contributed by atoms with Gasteiger partial charge in [0.05, 0.1) is 0 Å². The fourth-order valence-electron chi connectivity index (χ4n) is 11.1. The maximum absolute atomic E-state index is 2.58. The molecule has 0 saturated carbocycles. The van der Waals surface area contributed by atoms with Gasteiger partial charge in [-0.15, -0.1) is 45.3 Å². The van der Waals surface area contributed by atoms with Gasteiger partial charge in [0.15, 0.2) is 0 Å². The molecule has 0 fully saturated rings. The van der Waals surface area contributed by atoms with Crippen LogP contribution >= 0.6 is 45.3 Å². The third-order valence-corrected chi connectivity index (χ3v) is 18.9. The smallest absolute Gasteiger partial charge is 0.252 e. The van der Waals surface area contributed by atoms with Crippen molar-refractivity contribution in [2.45, 2.75) is 6.92 Å². The molecule has 0 spiro atoms. The zero-order valence-electron chi connectivity index (χ0n) is 37.9. The number of hydrogen-bond acceptors (Lipinski definition) is 6. The van der Waals surface area contributed by atoms with Crippen molar-refractivity contribution < 1.29 is 0 Å². The van der Waals surface area contributed by atoms with Crippen molar-refractivity contribution in [2.24, 2.45) is 0 Å². The van der Waals surface area contributed by atoms with Crippen LogP contribution in [0.25, 0.3) is 82.1 Å². The highest BCUT2D eigenvalue weighted by Crippen LogP contribution is 2.49. The molecule has 0 aliphatic carbocycles. The summed E-state index contributed by atoms with van der Waals surface area (Å²) >= 11 is 7.48. The van der Waals surface area contributed by atoms with Crippen LogP contribution in [0.4, 0.5) is 34.1 Å². The number of anilines is 6. The average molecular weight is 963 g/mol. The lowest BCUT2D eigenvalue weighted by molar-refractivity contribution is 1.24. The molecule has 0 bridgehead atoms. The summed E-state index contributed by atoms with van der Waals surface area (Å²) in [4.78, 5) is 10.3. The van der Waals surface area contributed by atoms with E-state index >= 15 is 0 Å². The Hall–Kier alpha value is -7.52. The van der Waals surface area contributed by atoms with Gasteiger partial charge in [-0.3, -0.25) is 0 Å². The van der Waals surface area contributed by atoms with Crippen molar-refractivity contribution in [1.29, 1.82) is 0 Å². The number of rotatable bonds is 6. The predicted molar refractivity (Wildman–Crippen MR) is 308 cm³/mol. The Bertz CT molecular complexity index is 3860. The maximum Gasteiger partial charge on any atom is 0.252 e. The molecule has 0 saturated heterocycles. The molecule has 7 heteroatoms. The van der Waals surface area contributed by atoms with E-state index in [0.717, 1.165) is 11.4 Å². The second kappa shape index (κ2) is 15.8. The van der Waals surface area contributed by atoms with Crippen LogP contribution in [0.5, 0.6) is 0 Å². The lowest BCUT2D eigenvalue weighted by atomic mass is 9.33. The summed E-state index contributed by atoms with van der Waals surface area (Å²) in [7, 11) is 0. The molecule has 70 heavy (non-hydrogen) atoms. The van der Waals surface area contributed by atoms with Crippen molar-refractivity contribution in [1.82, 2.24) is 0 Å². The van der Waals surface area contributed by atoms with E-state index in [1.807, 2.05) is 45.3 Å². The third kappa shape index (κ3) is 6.43. The molecular formula is C63H39BN2S4. The molecule has 4 aromatic heterocycles. The normalized spacial score (nSPS) is 12.8. The van der Waals surface area contributed by atoms with E-state index in [2.05, 4.69) is 235 Å². The van der Waals surface area contributed by atoms with E-state index in [-0.39, 0.29) is 6.71 Å². The van der Waals surface area contributed by atoms with Gasteiger partial charge in [-0.1, -0.05) is 121 Å². The number of hydrogen-bond donors (Lipinski definition) is 0. The molecule has 0 radical (unpaired) electrons. The van der Waals surface area contributed by atoms with Gasteiger partial charge in [0.25, 0.3) is 6.71 Å². The van der Waals surface area contributed by atoms with Crippen LogP contribution < -0.4 is 26.2 Å². The fourth-order valence-corrected chi connectivity index (χ4v) is 15.3. The lowest BCUT2D eigenvalue weighted by Crippen LogP contribution is -2.61. The molecule has 9 aromatic carbocycles. The van der Waals surface area contributed by atoms with Gasteiger partial charge in [-0.2, -0.15) is 0 Å². The number of aryl methyl sites for hydroxylation is 1. The maximum atomic E-state index is 2.58. The summed E-state index contributed by atoms with van der Waals surface area (Å²) in [6.07, 6.45) is 0. The summed E-state index contributed by atoms with van der Waals surface area (Å²) in [6.45, 7) is 2.27. The second-order valence-corrected chi connectivity index (χ2v) is 22.9. The first kappa shape index (κ1) is 40.4. The molecular weight excluding hydrogens is 924 g/mol. The standard InChI is InChI=1S/C63H39BN2S4/c1-38-28-53-63-54(29-38)66(48-19-11-17-40(31-48)60-35-42-13-3-7-21-56(42)68-60)52-33-46(62-37-44-15-5-9-23-58(44)70-62)25-27-50(52)64(63)49-26-24-45(61-36-43-14-4-8-22-57(43)69-61)32-51(49)65(53)47-18-10-16-39(30-47)59-34-41-12-2-6-20-55(41)67-59/h2-37H,1H3. The molecule has 13 aromatic rings. The quantitative estimate of drug-likeness (QED) is 0.153. The molecule has 0 amide bonds. The van der Waals surface area contributed by atoms with Gasteiger partial charge >= 0.3 is 0 Å². The van der Waals surface area contributed by atoms with Gasteiger partial charge in [0, 0.05) is 72.4 Å². The Kier molecular flexibility index (Phi) is 9.09.